The molecule has 0 radical (unpaired) electrons. The molecule has 3 rings (SSSR count). The number of phenols is 1. The summed E-state index contributed by atoms with van der Waals surface area (Å²) in [5.74, 6) is -0.114. The van der Waals surface area contributed by atoms with Gasteiger partial charge in [-0.05, 0) is 30.3 Å². The number of carbonyl (C=O) groups is 1. The topological polar surface area (TPSA) is 70.4 Å². The van der Waals surface area contributed by atoms with Crippen LogP contribution in [0.4, 0.5) is 0 Å². The van der Waals surface area contributed by atoms with Crippen LogP contribution in [0.3, 0.4) is 0 Å². The van der Waals surface area contributed by atoms with Crippen LogP contribution in [0, 0.1) is 0 Å². The van der Waals surface area contributed by atoms with Crippen LogP contribution in [0.1, 0.15) is 10.4 Å². The molecule has 0 atom stereocenters. The van der Waals surface area contributed by atoms with Crippen molar-refractivity contribution in [1.29, 1.82) is 0 Å². The molecule has 0 saturated heterocycles. The maximum Gasteiger partial charge on any atom is 0.188 e. The van der Waals surface area contributed by atoms with Crippen molar-refractivity contribution in [1.82, 2.24) is 4.98 Å². The van der Waals surface area contributed by atoms with Crippen molar-refractivity contribution in [2.75, 3.05) is 6.61 Å². The van der Waals surface area contributed by atoms with Gasteiger partial charge >= 0.3 is 0 Å². The SMILES string of the molecule is O=C(CO)c1ccc2nc(-c3cccc(O)c3)sc2c1. The lowest BCUT2D eigenvalue weighted by molar-refractivity contribution is 0.0904. The Morgan fingerprint density at radius 3 is 2.80 bits per heavy atom. The fourth-order valence-electron chi connectivity index (χ4n) is 1.95. The maximum absolute atomic E-state index is 11.5. The lowest BCUT2D eigenvalue weighted by Gasteiger charge is -1.95. The maximum atomic E-state index is 11.5. The summed E-state index contributed by atoms with van der Waals surface area (Å²) in [7, 11) is 0. The first-order chi connectivity index (χ1) is 9.67. The molecule has 0 aliphatic heterocycles. The first kappa shape index (κ1) is 12.8. The van der Waals surface area contributed by atoms with E-state index in [2.05, 4.69) is 4.98 Å². The number of hydrogen-bond donors (Lipinski definition) is 2. The van der Waals surface area contributed by atoms with E-state index in [1.54, 1.807) is 36.4 Å². The molecule has 0 aliphatic rings. The summed E-state index contributed by atoms with van der Waals surface area (Å²) in [5, 5.41) is 19.2. The normalized spacial score (nSPS) is 10.8. The smallest absolute Gasteiger partial charge is 0.188 e. The van der Waals surface area contributed by atoms with Gasteiger partial charge in [-0.1, -0.05) is 12.1 Å². The van der Waals surface area contributed by atoms with Crippen molar-refractivity contribution < 1.29 is 15.0 Å². The van der Waals surface area contributed by atoms with Crippen molar-refractivity contribution >= 4 is 27.3 Å². The molecule has 0 bridgehead atoms. The number of benzene rings is 2. The molecule has 100 valence electrons. The van der Waals surface area contributed by atoms with E-state index in [9.17, 15) is 9.90 Å². The molecule has 1 heterocycles. The molecule has 0 spiro atoms. The van der Waals surface area contributed by atoms with E-state index in [1.165, 1.54) is 11.3 Å². The van der Waals surface area contributed by atoms with Crippen LogP contribution in [0.15, 0.2) is 42.5 Å². The summed E-state index contributed by atoms with van der Waals surface area (Å²) in [6.07, 6.45) is 0. The fraction of sp³-hybridized carbons (Fsp3) is 0.0667. The number of fused-ring (bicyclic) bond motifs is 1. The summed E-state index contributed by atoms with van der Waals surface area (Å²) < 4.78 is 0.877. The Morgan fingerprint density at radius 1 is 1.20 bits per heavy atom. The largest absolute Gasteiger partial charge is 0.508 e. The minimum Gasteiger partial charge on any atom is -0.508 e. The van der Waals surface area contributed by atoms with Crippen LogP contribution >= 0.6 is 11.3 Å². The van der Waals surface area contributed by atoms with Crippen LogP contribution in [-0.2, 0) is 0 Å². The van der Waals surface area contributed by atoms with E-state index in [0.29, 0.717) is 5.56 Å². The number of aromatic nitrogens is 1. The molecule has 0 unspecified atom stereocenters. The first-order valence-electron chi connectivity index (χ1n) is 6.01. The minimum absolute atomic E-state index is 0.193. The molecule has 0 saturated carbocycles. The number of nitrogens with zero attached hydrogens (tertiary/aromatic N) is 1. The molecule has 3 aromatic rings. The zero-order chi connectivity index (χ0) is 14.1. The van der Waals surface area contributed by atoms with Gasteiger partial charge in [-0.15, -0.1) is 11.3 Å². The second-order valence-electron chi connectivity index (χ2n) is 4.33. The third kappa shape index (κ3) is 2.29. The molecule has 0 fully saturated rings. The average Bonchev–Trinajstić information content (AvgIpc) is 2.89. The number of aliphatic hydroxyl groups is 1. The van der Waals surface area contributed by atoms with Gasteiger partial charge in [-0.3, -0.25) is 4.79 Å². The molecular formula is C15H11NO3S. The van der Waals surface area contributed by atoms with Gasteiger partial charge in [-0.25, -0.2) is 4.98 Å². The third-order valence-electron chi connectivity index (χ3n) is 2.95. The summed E-state index contributed by atoms with van der Waals surface area (Å²) in [6.45, 7) is -0.496. The highest BCUT2D eigenvalue weighted by atomic mass is 32.1. The molecule has 0 aliphatic carbocycles. The van der Waals surface area contributed by atoms with Gasteiger partial charge in [0.25, 0.3) is 0 Å². The molecule has 0 amide bonds. The number of phenolic OH excluding ortho intramolecular Hbond substituents is 1. The molecule has 2 N–H and O–H groups in total. The minimum atomic E-state index is -0.496. The van der Waals surface area contributed by atoms with E-state index in [4.69, 9.17) is 5.11 Å². The number of aromatic hydroxyl groups is 1. The Labute approximate surface area is 119 Å². The first-order valence-corrected chi connectivity index (χ1v) is 6.83. The van der Waals surface area contributed by atoms with Gasteiger partial charge in [0.15, 0.2) is 5.78 Å². The molecular weight excluding hydrogens is 274 g/mol. The molecule has 4 nitrogen and oxygen atoms in total. The van der Waals surface area contributed by atoms with Crippen molar-refractivity contribution in [3.63, 3.8) is 0 Å². The van der Waals surface area contributed by atoms with Gasteiger partial charge < -0.3 is 10.2 Å². The lowest BCUT2D eigenvalue weighted by atomic mass is 10.1. The van der Waals surface area contributed by atoms with Gasteiger partial charge in [-0.2, -0.15) is 0 Å². The van der Waals surface area contributed by atoms with E-state index in [-0.39, 0.29) is 11.5 Å². The Bertz CT molecular complexity index is 795. The Balaban J connectivity index is 2.09. The summed E-state index contributed by atoms with van der Waals surface area (Å²) in [6, 6.07) is 12.0. The zero-order valence-electron chi connectivity index (χ0n) is 10.4. The number of thiazole rings is 1. The molecule has 1 aromatic heterocycles. The Hall–Kier alpha value is -2.24. The number of aliphatic hydroxyl groups excluding tert-OH is 1. The predicted octanol–water partition coefficient (Wildman–Crippen LogP) is 2.84. The quantitative estimate of drug-likeness (QED) is 0.726. The second-order valence-corrected chi connectivity index (χ2v) is 5.36. The highest BCUT2D eigenvalue weighted by Crippen LogP contribution is 2.32. The van der Waals surface area contributed by atoms with Crippen molar-refractivity contribution in [3.8, 4) is 16.3 Å². The number of hydrogen-bond acceptors (Lipinski definition) is 5. The molecule has 20 heavy (non-hydrogen) atoms. The van der Waals surface area contributed by atoms with Gasteiger partial charge in [0.1, 0.15) is 17.4 Å². The number of Topliss-reactive ketones (excluding diaryl/α,β-unsaturated/α-hetero) is 1. The van der Waals surface area contributed by atoms with E-state index >= 15 is 0 Å². The second kappa shape index (κ2) is 5.03. The van der Waals surface area contributed by atoms with Crippen LogP contribution < -0.4 is 0 Å². The van der Waals surface area contributed by atoms with Crippen molar-refractivity contribution in [2.24, 2.45) is 0 Å². The summed E-state index contributed by atoms with van der Waals surface area (Å²) >= 11 is 1.45. The van der Waals surface area contributed by atoms with E-state index in [1.807, 2.05) is 6.07 Å². The standard InChI is InChI=1S/C15H11NO3S/c17-8-13(19)9-4-5-12-14(7-9)20-15(16-12)10-2-1-3-11(18)6-10/h1-7,17-18H,8H2. The number of rotatable bonds is 3. The Morgan fingerprint density at radius 2 is 2.05 bits per heavy atom. The average molecular weight is 285 g/mol. The van der Waals surface area contributed by atoms with Crippen molar-refractivity contribution in [2.45, 2.75) is 0 Å². The highest BCUT2D eigenvalue weighted by Gasteiger charge is 2.10. The Kier molecular flexibility index (Phi) is 3.22. The monoisotopic (exact) mass is 285 g/mol. The third-order valence-corrected chi connectivity index (χ3v) is 4.01. The lowest BCUT2D eigenvalue weighted by Crippen LogP contribution is -2.03. The zero-order valence-corrected chi connectivity index (χ0v) is 11.2. The highest BCUT2D eigenvalue weighted by molar-refractivity contribution is 7.21. The summed E-state index contributed by atoms with van der Waals surface area (Å²) in [4.78, 5) is 16.0. The molecule has 2 aromatic carbocycles. The van der Waals surface area contributed by atoms with Gasteiger partial charge in [0.2, 0.25) is 0 Å². The number of carbonyl (C=O) groups excluding carboxylic acids is 1. The predicted molar refractivity (Wildman–Crippen MR) is 78.1 cm³/mol. The van der Waals surface area contributed by atoms with Crippen LogP contribution in [0.25, 0.3) is 20.8 Å². The molecule has 5 heteroatoms. The van der Waals surface area contributed by atoms with Gasteiger partial charge in [0.05, 0.1) is 10.2 Å². The number of ketones is 1. The van der Waals surface area contributed by atoms with Crippen LogP contribution in [0.2, 0.25) is 0 Å². The van der Waals surface area contributed by atoms with E-state index < -0.39 is 6.61 Å². The van der Waals surface area contributed by atoms with Gasteiger partial charge in [0, 0.05) is 11.1 Å². The van der Waals surface area contributed by atoms with Crippen LogP contribution in [0.5, 0.6) is 5.75 Å². The van der Waals surface area contributed by atoms with E-state index in [0.717, 1.165) is 20.8 Å². The van der Waals surface area contributed by atoms with Crippen LogP contribution in [-0.4, -0.2) is 27.6 Å². The fourth-order valence-corrected chi connectivity index (χ4v) is 2.95. The van der Waals surface area contributed by atoms with Crippen molar-refractivity contribution in [3.05, 3.63) is 48.0 Å². The summed E-state index contributed by atoms with van der Waals surface area (Å²) in [5.41, 5.74) is 2.11.